The number of aliphatic hydroxyl groups is 1. The molecule has 1 heterocycles. The Kier molecular flexibility index (Phi) is 6.06. The van der Waals surface area contributed by atoms with Crippen molar-refractivity contribution in [2.45, 2.75) is 0 Å². The Bertz CT molecular complexity index is 386. The summed E-state index contributed by atoms with van der Waals surface area (Å²) in [5.74, 6) is 5.10. The molecule has 0 radical (unpaired) electrons. The Balaban J connectivity index is 2.86. The topological polar surface area (TPSA) is 101 Å². The zero-order valence-corrected chi connectivity index (χ0v) is 10.3. The molecule has 0 fully saturated rings. The molecule has 0 atom stereocenters. The highest BCUT2D eigenvalue weighted by molar-refractivity contribution is 5.99. The van der Waals surface area contributed by atoms with Gasteiger partial charge in [-0.3, -0.25) is 15.6 Å². The van der Waals surface area contributed by atoms with Crippen molar-refractivity contribution in [2.75, 3.05) is 38.8 Å². The second kappa shape index (κ2) is 7.59. The summed E-state index contributed by atoms with van der Waals surface area (Å²) < 4.78 is 4.93. The van der Waals surface area contributed by atoms with Gasteiger partial charge in [-0.1, -0.05) is 0 Å². The molecule has 0 saturated heterocycles. The van der Waals surface area contributed by atoms with Gasteiger partial charge in [0.2, 0.25) is 0 Å². The zero-order valence-electron chi connectivity index (χ0n) is 10.3. The second-order valence-corrected chi connectivity index (χ2v) is 3.57. The molecule has 1 aromatic rings. The molecule has 0 spiro atoms. The first-order valence-electron chi connectivity index (χ1n) is 5.54. The summed E-state index contributed by atoms with van der Waals surface area (Å²) in [4.78, 5) is 17.6. The molecule has 0 aliphatic heterocycles. The molecule has 100 valence electrons. The SMILES string of the molecule is COCCN(CCO)C(=O)c1ccncc1NN. The number of hydrazine groups is 1. The number of methoxy groups -OCH3 is 1. The van der Waals surface area contributed by atoms with Crippen LogP contribution in [0.5, 0.6) is 0 Å². The molecule has 1 rings (SSSR count). The van der Waals surface area contributed by atoms with E-state index in [4.69, 9.17) is 15.7 Å². The van der Waals surface area contributed by atoms with E-state index in [1.165, 1.54) is 17.3 Å². The van der Waals surface area contributed by atoms with Crippen LogP contribution in [0.15, 0.2) is 18.5 Å². The summed E-state index contributed by atoms with van der Waals surface area (Å²) in [6.07, 6.45) is 2.99. The Morgan fingerprint density at radius 2 is 2.39 bits per heavy atom. The second-order valence-electron chi connectivity index (χ2n) is 3.57. The van der Waals surface area contributed by atoms with Gasteiger partial charge in [0.15, 0.2) is 0 Å². The average molecular weight is 254 g/mol. The van der Waals surface area contributed by atoms with Crippen LogP contribution in [0.1, 0.15) is 10.4 Å². The molecule has 1 aromatic heterocycles. The minimum atomic E-state index is -0.226. The monoisotopic (exact) mass is 254 g/mol. The zero-order chi connectivity index (χ0) is 13.4. The number of hydrogen-bond donors (Lipinski definition) is 3. The Morgan fingerprint density at radius 1 is 1.61 bits per heavy atom. The lowest BCUT2D eigenvalue weighted by atomic mass is 10.2. The lowest BCUT2D eigenvalue weighted by molar-refractivity contribution is 0.0657. The fourth-order valence-corrected chi connectivity index (χ4v) is 1.50. The molecular formula is C11H18N4O3. The van der Waals surface area contributed by atoms with E-state index in [1.54, 1.807) is 13.2 Å². The van der Waals surface area contributed by atoms with E-state index in [0.717, 1.165) is 0 Å². The number of anilines is 1. The fourth-order valence-electron chi connectivity index (χ4n) is 1.50. The van der Waals surface area contributed by atoms with Crippen LogP contribution in [0.4, 0.5) is 5.69 Å². The van der Waals surface area contributed by atoms with Gasteiger partial charge >= 0.3 is 0 Å². The van der Waals surface area contributed by atoms with E-state index in [2.05, 4.69) is 10.4 Å². The molecule has 7 nitrogen and oxygen atoms in total. The number of carbonyl (C=O) groups is 1. The third-order valence-corrected chi connectivity index (χ3v) is 2.43. The molecule has 7 heteroatoms. The molecule has 0 bridgehead atoms. The molecule has 0 aliphatic rings. The van der Waals surface area contributed by atoms with Gasteiger partial charge in [-0.05, 0) is 6.07 Å². The molecule has 0 saturated carbocycles. The van der Waals surface area contributed by atoms with Crippen molar-refractivity contribution in [3.8, 4) is 0 Å². The number of amides is 1. The molecular weight excluding hydrogens is 236 g/mol. The van der Waals surface area contributed by atoms with Crippen molar-refractivity contribution in [3.63, 3.8) is 0 Å². The number of aliphatic hydroxyl groups excluding tert-OH is 1. The smallest absolute Gasteiger partial charge is 0.256 e. The maximum atomic E-state index is 12.3. The molecule has 4 N–H and O–H groups in total. The number of carbonyl (C=O) groups excluding carboxylic acids is 1. The molecule has 0 aromatic carbocycles. The van der Waals surface area contributed by atoms with Gasteiger partial charge < -0.3 is 20.2 Å². The van der Waals surface area contributed by atoms with Crippen molar-refractivity contribution in [1.29, 1.82) is 0 Å². The lowest BCUT2D eigenvalue weighted by Gasteiger charge is -2.22. The highest BCUT2D eigenvalue weighted by atomic mass is 16.5. The van der Waals surface area contributed by atoms with Crippen LogP contribution in [-0.2, 0) is 4.74 Å². The number of nitrogens with two attached hydrogens (primary N) is 1. The normalized spacial score (nSPS) is 10.2. The minimum absolute atomic E-state index is 0.105. The summed E-state index contributed by atoms with van der Waals surface area (Å²) in [6.45, 7) is 0.949. The number of rotatable bonds is 7. The summed E-state index contributed by atoms with van der Waals surface area (Å²) in [5, 5.41) is 8.97. The largest absolute Gasteiger partial charge is 0.395 e. The van der Waals surface area contributed by atoms with Crippen LogP contribution in [0, 0.1) is 0 Å². The van der Waals surface area contributed by atoms with Crippen LogP contribution >= 0.6 is 0 Å². The maximum Gasteiger partial charge on any atom is 0.256 e. The van der Waals surface area contributed by atoms with E-state index in [-0.39, 0.29) is 19.1 Å². The van der Waals surface area contributed by atoms with Gasteiger partial charge in [-0.25, -0.2) is 0 Å². The van der Waals surface area contributed by atoms with Crippen LogP contribution in [0.3, 0.4) is 0 Å². The Labute approximate surface area is 106 Å². The molecule has 1 amide bonds. The number of nitrogens with zero attached hydrogens (tertiary/aromatic N) is 2. The number of nitrogen functional groups attached to an aromatic ring is 1. The van der Waals surface area contributed by atoms with Gasteiger partial charge in [-0.15, -0.1) is 0 Å². The van der Waals surface area contributed by atoms with Crippen LogP contribution in [-0.4, -0.2) is 54.3 Å². The van der Waals surface area contributed by atoms with Crippen LogP contribution in [0.2, 0.25) is 0 Å². The molecule has 18 heavy (non-hydrogen) atoms. The minimum Gasteiger partial charge on any atom is -0.395 e. The third kappa shape index (κ3) is 3.66. The molecule has 0 unspecified atom stereocenters. The average Bonchev–Trinajstić information content (AvgIpc) is 2.42. The van der Waals surface area contributed by atoms with E-state index >= 15 is 0 Å². The highest BCUT2D eigenvalue weighted by Gasteiger charge is 2.18. The van der Waals surface area contributed by atoms with Gasteiger partial charge in [0.25, 0.3) is 5.91 Å². The Morgan fingerprint density at radius 3 is 3.00 bits per heavy atom. The van der Waals surface area contributed by atoms with Crippen molar-refractivity contribution in [2.24, 2.45) is 5.84 Å². The van der Waals surface area contributed by atoms with Crippen LogP contribution in [0.25, 0.3) is 0 Å². The number of pyridine rings is 1. The number of ether oxygens (including phenoxy) is 1. The maximum absolute atomic E-state index is 12.3. The first-order chi connectivity index (χ1) is 8.74. The first-order valence-corrected chi connectivity index (χ1v) is 5.54. The lowest BCUT2D eigenvalue weighted by Crippen LogP contribution is -2.36. The van der Waals surface area contributed by atoms with Crippen LogP contribution < -0.4 is 11.3 Å². The molecule has 0 aliphatic carbocycles. The standard InChI is InChI=1S/C11H18N4O3/c1-18-7-5-15(4-6-16)11(17)9-2-3-13-8-10(9)14-12/h2-3,8,14,16H,4-7,12H2,1H3. The van der Waals surface area contributed by atoms with Gasteiger partial charge in [0.05, 0.1) is 30.7 Å². The quantitative estimate of drug-likeness (QED) is 0.446. The van der Waals surface area contributed by atoms with Gasteiger partial charge in [0.1, 0.15) is 0 Å². The van der Waals surface area contributed by atoms with Crippen molar-refractivity contribution >= 4 is 11.6 Å². The predicted molar refractivity (Wildman–Crippen MR) is 66.9 cm³/mol. The fraction of sp³-hybridized carbons (Fsp3) is 0.455. The van der Waals surface area contributed by atoms with E-state index < -0.39 is 0 Å². The van der Waals surface area contributed by atoms with E-state index in [1.807, 2.05) is 0 Å². The van der Waals surface area contributed by atoms with E-state index in [0.29, 0.717) is 24.4 Å². The Hall–Kier alpha value is -1.70. The third-order valence-electron chi connectivity index (χ3n) is 2.43. The summed E-state index contributed by atoms with van der Waals surface area (Å²) in [5.41, 5.74) is 3.29. The number of hydrogen-bond acceptors (Lipinski definition) is 6. The number of aromatic nitrogens is 1. The summed E-state index contributed by atoms with van der Waals surface area (Å²) in [6, 6.07) is 1.58. The number of nitrogens with one attached hydrogen (secondary N) is 1. The van der Waals surface area contributed by atoms with E-state index in [9.17, 15) is 4.79 Å². The van der Waals surface area contributed by atoms with Gasteiger partial charge in [-0.2, -0.15) is 0 Å². The van der Waals surface area contributed by atoms with Crippen molar-refractivity contribution < 1.29 is 14.6 Å². The summed E-state index contributed by atoms with van der Waals surface area (Å²) >= 11 is 0. The first kappa shape index (κ1) is 14.4. The summed E-state index contributed by atoms with van der Waals surface area (Å²) in [7, 11) is 1.56. The van der Waals surface area contributed by atoms with Gasteiger partial charge in [0, 0.05) is 26.4 Å². The van der Waals surface area contributed by atoms with Crippen molar-refractivity contribution in [1.82, 2.24) is 9.88 Å². The van der Waals surface area contributed by atoms with Crippen molar-refractivity contribution in [3.05, 3.63) is 24.0 Å². The predicted octanol–water partition coefficient (Wildman–Crippen LogP) is -0.552. The highest BCUT2D eigenvalue weighted by Crippen LogP contribution is 2.14.